The average molecular weight is 270 g/mol. The predicted octanol–water partition coefficient (Wildman–Crippen LogP) is 1.79. The maximum absolute atomic E-state index is 12.2. The molecule has 4 nitrogen and oxygen atoms in total. The van der Waals surface area contributed by atoms with Crippen LogP contribution in [-0.4, -0.2) is 28.1 Å². The molecule has 0 saturated carbocycles. The molecule has 1 aromatic rings. The molecule has 1 fully saturated rings. The monoisotopic (exact) mass is 270 g/mol. The Morgan fingerprint density at radius 2 is 2.00 bits per heavy atom. The van der Waals surface area contributed by atoms with E-state index in [4.69, 9.17) is 4.74 Å². The Morgan fingerprint density at radius 1 is 1.33 bits per heavy atom. The molecule has 1 aromatic heterocycles. The van der Waals surface area contributed by atoms with Gasteiger partial charge in [0.05, 0.1) is 0 Å². The van der Waals surface area contributed by atoms with Gasteiger partial charge in [-0.25, -0.2) is 4.79 Å². The van der Waals surface area contributed by atoms with E-state index in [-0.39, 0.29) is 11.1 Å². The molecule has 0 spiro atoms. The van der Waals surface area contributed by atoms with Crippen molar-refractivity contribution >= 4 is 12.6 Å². The van der Waals surface area contributed by atoms with E-state index in [0.717, 1.165) is 51.3 Å². The fourth-order valence-electron chi connectivity index (χ4n) is 2.52. The lowest BCUT2D eigenvalue weighted by molar-refractivity contribution is 0.0177. The third-order valence-corrected chi connectivity index (χ3v) is 4.45. The SMILES string of the molecule is CCCn1ccn(CC2(CS)CCOCC2)c1=O. The molecular formula is C13H22N2O2S. The van der Waals surface area contributed by atoms with Gasteiger partial charge in [0.1, 0.15) is 0 Å². The van der Waals surface area contributed by atoms with Crippen molar-refractivity contribution in [2.45, 2.75) is 39.3 Å². The van der Waals surface area contributed by atoms with Crippen LogP contribution in [0.1, 0.15) is 26.2 Å². The molecule has 0 unspecified atom stereocenters. The number of nitrogens with zero attached hydrogens (tertiary/aromatic N) is 2. The molecule has 0 aliphatic carbocycles. The summed E-state index contributed by atoms with van der Waals surface area (Å²) in [5, 5.41) is 0. The fourth-order valence-corrected chi connectivity index (χ4v) is 2.93. The molecule has 102 valence electrons. The quantitative estimate of drug-likeness (QED) is 0.828. The molecule has 0 N–H and O–H groups in total. The van der Waals surface area contributed by atoms with Gasteiger partial charge in [-0.15, -0.1) is 0 Å². The first kappa shape index (κ1) is 13.7. The molecular weight excluding hydrogens is 248 g/mol. The molecule has 1 saturated heterocycles. The number of hydrogen-bond acceptors (Lipinski definition) is 3. The summed E-state index contributed by atoms with van der Waals surface area (Å²) in [5.41, 5.74) is 0.216. The van der Waals surface area contributed by atoms with Crippen LogP contribution in [0.4, 0.5) is 0 Å². The van der Waals surface area contributed by atoms with Crippen molar-refractivity contribution < 1.29 is 4.74 Å². The highest BCUT2D eigenvalue weighted by Gasteiger charge is 2.32. The lowest BCUT2D eigenvalue weighted by Crippen LogP contribution is -2.38. The number of aromatic nitrogens is 2. The third-order valence-electron chi connectivity index (χ3n) is 3.78. The van der Waals surface area contributed by atoms with Crippen molar-refractivity contribution in [2.75, 3.05) is 19.0 Å². The van der Waals surface area contributed by atoms with Crippen LogP contribution in [0.15, 0.2) is 17.2 Å². The van der Waals surface area contributed by atoms with Crippen LogP contribution in [0.5, 0.6) is 0 Å². The average Bonchev–Trinajstić information content (AvgIpc) is 2.73. The topological polar surface area (TPSA) is 36.2 Å². The van der Waals surface area contributed by atoms with Crippen LogP contribution < -0.4 is 5.69 Å². The van der Waals surface area contributed by atoms with Gasteiger partial charge in [-0.2, -0.15) is 12.6 Å². The molecule has 0 atom stereocenters. The van der Waals surface area contributed by atoms with Crippen molar-refractivity contribution in [1.29, 1.82) is 0 Å². The Bertz CT molecular complexity index is 432. The van der Waals surface area contributed by atoms with Gasteiger partial charge in [0.15, 0.2) is 0 Å². The first-order valence-electron chi connectivity index (χ1n) is 6.65. The number of ether oxygens (including phenoxy) is 1. The lowest BCUT2D eigenvalue weighted by Gasteiger charge is -2.35. The first-order chi connectivity index (χ1) is 8.71. The van der Waals surface area contributed by atoms with E-state index in [9.17, 15) is 4.79 Å². The minimum Gasteiger partial charge on any atom is -0.381 e. The highest BCUT2D eigenvalue weighted by Crippen LogP contribution is 2.33. The van der Waals surface area contributed by atoms with Crippen molar-refractivity contribution in [3.8, 4) is 0 Å². The van der Waals surface area contributed by atoms with E-state index in [0.29, 0.717) is 0 Å². The van der Waals surface area contributed by atoms with Crippen LogP contribution in [0.3, 0.4) is 0 Å². The Morgan fingerprint density at radius 3 is 2.61 bits per heavy atom. The van der Waals surface area contributed by atoms with Gasteiger partial charge >= 0.3 is 5.69 Å². The van der Waals surface area contributed by atoms with Crippen LogP contribution in [-0.2, 0) is 17.8 Å². The predicted molar refractivity (Wildman–Crippen MR) is 75.3 cm³/mol. The van der Waals surface area contributed by atoms with E-state index in [1.165, 1.54) is 0 Å². The van der Waals surface area contributed by atoms with E-state index >= 15 is 0 Å². The number of thiol groups is 1. The summed E-state index contributed by atoms with van der Waals surface area (Å²) in [7, 11) is 0. The summed E-state index contributed by atoms with van der Waals surface area (Å²) in [6.07, 6.45) is 6.75. The second-order valence-electron chi connectivity index (χ2n) is 5.17. The maximum atomic E-state index is 12.2. The van der Waals surface area contributed by atoms with Gasteiger partial charge in [-0.1, -0.05) is 6.92 Å². The number of rotatable bonds is 5. The van der Waals surface area contributed by atoms with Gasteiger partial charge < -0.3 is 4.74 Å². The smallest absolute Gasteiger partial charge is 0.328 e. The van der Waals surface area contributed by atoms with E-state index in [1.807, 2.05) is 17.0 Å². The Kier molecular flexibility index (Phi) is 4.56. The van der Waals surface area contributed by atoms with Gasteiger partial charge in [0.25, 0.3) is 0 Å². The second kappa shape index (κ2) is 5.97. The zero-order valence-corrected chi connectivity index (χ0v) is 11.9. The summed E-state index contributed by atoms with van der Waals surface area (Å²) in [6.45, 7) is 5.20. The number of imidazole rings is 1. The molecule has 2 heterocycles. The molecule has 0 aromatic carbocycles. The van der Waals surface area contributed by atoms with E-state index in [1.54, 1.807) is 4.57 Å². The van der Waals surface area contributed by atoms with Crippen LogP contribution in [0.25, 0.3) is 0 Å². The van der Waals surface area contributed by atoms with Gasteiger partial charge in [-0.05, 0) is 25.0 Å². The van der Waals surface area contributed by atoms with Crippen LogP contribution in [0, 0.1) is 5.41 Å². The second-order valence-corrected chi connectivity index (χ2v) is 5.49. The van der Waals surface area contributed by atoms with Crippen molar-refractivity contribution in [1.82, 2.24) is 9.13 Å². The molecule has 0 bridgehead atoms. The summed E-state index contributed by atoms with van der Waals surface area (Å²) >= 11 is 4.48. The highest BCUT2D eigenvalue weighted by atomic mass is 32.1. The molecule has 2 rings (SSSR count). The molecule has 1 aliphatic rings. The fraction of sp³-hybridized carbons (Fsp3) is 0.769. The standard InChI is InChI=1S/C13H22N2O2S/c1-2-5-14-6-7-15(12(14)16)10-13(11-18)3-8-17-9-4-13/h6-7,18H,2-5,8-11H2,1H3. The Labute approximate surface area is 113 Å². The summed E-state index contributed by atoms with van der Waals surface area (Å²) in [5.74, 6) is 0.807. The van der Waals surface area contributed by atoms with Crippen LogP contribution >= 0.6 is 12.6 Å². The minimum absolute atomic E-state index is 0.101. The van der Waals surface area contributed by atoms with E-state index < -0.39 is 0 Å². The summed E-state index contributed by atoms with van der Waals surface area (Å²) in [6, 6.07) is 0. The first-order valence-corrected chi connectivity index (χ1v) is 7.28. The maximum Gasteiger partial charge on any atom is 0.328 e. The summed E-state index contributed by atoms with van der Waals surface area (Å²) in [4.78, 5) is 12.2. The number of aryl methyl sites for hydroxylation is 1. The van der Waals surface area contributed by atoms with Crippen molar-refractivity contribution in [2.24, 2.45) is 5.41 Å². The normalized spacial score (nSPS) is 19.0. The number of hydrogen-bond donors (Lipinski definition) is 1. The molecule has 18 heavy (non-hydrogen) atoms. The molecule has 5 heteroatoms. The van der Waals surface area contributed by atoms with Crippen LogP contribution in [0.2, 0.25) is 0 Å². The van der Waals surface area contributed by atoms with Gasteiger partial charge in [0.2, 0.25) is 0 Å². The largest absolute Gasteiger partial charge is 0.381 e. The third kappa shape index (κ3) is 2.83. The zero-order valence-electron chi connectivity index (χ0n) is 11.0. The van der Waals surface area contributed by atoms with Gasteiger partial charge in [0, 0.05) is 44.1 Å². The van der Waals surface area contributed by atoms with E-state index in [2.05, 4.69) is 19.6 Å². The van der Waals surface area contributed by atoms with Crippen molar-refractivity contribution in [3.63, 3.8) is 0 Å². The lowest BCUT2D eigenvalue weighted by atomic mass is 9.82. The molecule has 0 radical (unpaired) electrons. The minimum atomic E-state index is 0.101. The molecule has 0 amide bonds. The van der Waals surface area contributed by atoms with Crippen molar-refractivity contribution in [3.05, 3.63) is 22.9 Å². The highest BCUT2D eigenvalue weighted by molar-refractivity contribution is 7.80. The Hall–Kier alpha value is -0.680. The summed E-state index contributed by atoms with van der Waals surface area (Å²) < 4.78 is 9.03. The zero-order chi connectivity index (χ0) is 13.0. The molecule has 1 aliphatic heterocycles. The van der Waals surface area contributed by atoms with Gasteiger partial charge in [-0.3, -0.25) is 9.13 Å². The Balaban J connectivity index is 2.14.